The van der Waals surface area contributed by atoms with Crippen LogP contribution in [0.25, 0.3) is 0 Å². The molecular weight excluding hydrogens is 306 g/mol. The molecule has 136 valence electrons. The molecule has 0 fully saturated rings. The Morgan fingerprint density at radius 2 is 1.62 bits per heavy atom. The number of ether oxygens (including phenoxy) is 3. The quantitative estimate of drug-likeness (QED) is 0.854. The van der Waals surface area contributed by atoms with Crippen LogP contribution in [-0.2, 0) is 15.9 Å². The van der Waals surface area contributed by atoms with E-state index in [2.05, 4.69) is 5.32 Å². The Labute approximate surface area is 145 Å². The van der Waals surface area contributed by atoms with Gasteiger partial charge in [-0.2, -0.15) is 0 Å². The van der Waals surface area contributed by atoms with Gasteiger partial charge in [0.25, 0.3) is 0 Å². The summed E-state index contributed by atoms with van der Waals surface area (Å²) in [7, 11) is 1.62. The van der Waals surface area contributed by atoms with Crippen molar-refractivity contribution in [3.05, 3.63) is 29.8 Å². The van der Waals surface area contributed by atoms with Crippen molar-refractivity contribution in [2.45, 2.75) is 65.2 Å². The molecule has 0 aliphatic heterocycles. The maximum Gasteiger partial charge on any atom is 0.407 e. The van der Waals surface area contributed by atoms with Crippen molar-refractivity contribution in [1.82, 2.24) is 5.32 Å². The predicted octanol–water partition coefficient (Wildman–Crippen LogP) is 3.95. The largest absolute Gasteiger partial charge is 0.488 e. The fourth-order valence-electron chi connectivity index (χ4n) is 2.16. The number of hydrogen-bond donors (Lipinski definition) is 1. The number of nitrogens with one attached hydrogen (secondary N) is 1. The molecule has 0 saturated carbocycles. The highest BCUT2D eigenvalue weighted by molar-refractivity contribution is 5.68. The van der Waals surface area contributed by atoms with Gasteiger partial charge in [-0.05, 0) is 65.7 Å². The van der Waals surface area contributed by atoms with E-state index < -0.39 is 11.7 Å². The van der Waals surface area contributed by atoms with Crippen LogP contribution in [0.3, 0.4) is 0 Å². The van der Waals surface area contributed by atoms with Crippen LogP contribution in [0.15, 0.2) is 24.3 Å². The summed E-state index contributed by atoms with van der Waals surface area (Å²) >= 11 is 0. The molecule has 1 aromatic rings. The molecule has 1 N–H and O–H groups in total. The van der Waals surface area contributed by atoms with Gasteiger partial charge in [-0.25, -0.2) is 4.79 Å². The summed E-state index contributed by atoms with van der Waals surface area (Å²) in [5, 5.41) is 2.86. The zero-order valence-electron chi connectivity index (χ0n) is 15.9. The minimum atomic E-state index is -0.520. The van der Waals surface area contributed by atoms with E-state index in [4.69, 9.17) is 14.2 Å². The van der Waals surface area contributed by atoms with Crippen molar-refractivity contribution >= 4 is 6.09 Å². The van der Waals surface area contributed by atoms with Crippen LogP contribution in [0.2, 0.25) is 0 Å². The smallest absolute Gasteiger partial charge is 0.407 e. The Bertz CT molecular complexity index is 512. The molecule has 0 aliphatic rings. The van der Waals surface area contributed by atoms with Gasteiger partial charge in [0.05, 0.1) is 12.6 Å². The number of amides is 1. The van der Waals surface area contributed by atoms with Crippen molar-refractivity contribution in [2.24, 2.45) is 0 Å². The Hall–Kier alpha value is -1.75. The Balaban J connectivity index is 2.66. The zero-order chi connectivity index (χ0) is 18.4. The molecule has 5 nitrogen and oxygen atoms in total. The van der Waals surface area contributed by atoms with Crippen LogP contribution in [0, 0.1) is 0 Å². The number of carbonyl (C=O) groups is 1. The summed E-state index contributed by atoms with van der Waals surface area (Å²) in [5.41, 5.74) is 0.348. The average molecular weight is 337 g/mol. The first kappa shape index (κ1) is 20.3. The van der Waals surface area contributed by atoms with Crippen molar-refractivity contribution in [3.8, 4) is 5.75 Å². The lowest BCUT2D eigenvalue weighted by Gasteiger charge is -2.24. The molecule has 0 aromatic heterocycles. The van der Waals surface area contributed by atoms with Gasteiger partial charge in [0, 0.05) is 7.11 Å². The number of carbonyl (C=O) groups excluding carboxylic acids is 1. The summed E-state index contributed by atoms with van der Waals surface area (Å²) in [6.07, 6.45) is 0.223. The second-order valence-electron chi connectivity index (χ2n) is 7.86. The molecule has 0 radical (unpaired) electrons. The van der Waals surface area contributed by atoms with Gasteiger partial charge in [0.2, 0.25) is 0 Å². The fourth-order valence-corrected chi connectivity index (χ4v) is 2.16. The highest BCUT2D eigenvalue weighted by atomic mass is 16.6. The second kappa shape index (κ2) is 8.38. The van der Waals surface area contributed by atoms with Crippen molar-refractivity contribution in [2.75, 3.05) is 13.7 Å². The van der Waals surface area contributed by atoms with Gasteiger partial charge in [0.15, 0.2) is 0 Å². The molecule has 0 spiro atoms. The van der Waals surface area contributed by atoms with Gasteiger partial charge >= 0.3 is 6.09 Å². The van der Waals surface area contributed by atoms with E-state index in [1.165, 1.54) is 0 Å². The van der Waals surface area contributed by atoms with Crippen molar-refractivity contribution in [3.63, 3.8) is 0 Å². The average Bonchev–Trinajstić information content (AvgIpc) is 2.37. The molecular formula is C19H31NO4. The van der Waals surface area contributed by atoms with Gasteiger partial charge in [-0.15, -0.1) is 0 Å². The first-order valence-electron chi connectivity index (χ1n) is 8.25. The number of methoxy groups -OCH3 is 1. The summed E-state index contributed by atoms with van der Waals surface area (Å²) in [5.74, 6) is 0.828. The molecule has 0 heterocycles. The standard InChI is InChI=1S/C19H31NO4/c1-18(2,3)23-16-10-8-14(9-11-16)12-15(13-22-7)20-17(21)24-19(4,5)6/h8-11,15H,12-13H2,1-7H3,(H,20,21)/t15-/m0/s1. The summed E-state index contributed by atoms with van der Waals surface area (Å²) < 4.78 is 16.3. The summed E-state index contributed by atoms with van der Waals surface area (Å²) in [6, 6.07) is 7.73. The molecule has 0 aliphatic carbocycles. The van der Waals surface area contributed by atoms with E-state index in [0.29, 0.717) is 13.0 Å². The molecule has 5 heteroatoms. The topological polar surface area (TPSA) is 56.8 Å². The predicted molar refractivity (Wildman–Crippen MR) is 95.6 cm³/mol. The number of alkyl carbamates (subject to hydrolysis) is 1. The van der Waals surface area contributed by atoms with Crippen molar-refractivity contribution in [1.29, 1.82) is 0 Å². The van der Waals surface area contributed by atoms with Gasteiger partial charge < -0.3 is 19.5 Å². The highest BCUT2D eigenvalue weighted by Crippen LogP contribution is 2.19. The lowest BCUT2D eigenvalue weighted by molar-refractivity contribution is 0.0469. The van der Waals surface area contributed by atoms with E-state index in [0.717, 1.165) is 11.3 Å². The second-order valence-corrected chi connectivity index (χ2v) is 7.86. The normalized spacial score (nSPS) is 13.3. The van der Waals surface area contributed by atoms with E-state index in [9.17, 15) is 4.79 Å². The lowest BCUT2D eigenvalue weighted by Crippen LogP contribution is -2.42. The minimum Gasteiger partial charge on any atom is -0.488 e. The van der Waals surface area contributed by atoms with E-state index in [-0.39, 0.29) is 11.6 Å². The molecule has 1 rings (SSSR count). The third-order valence-corrected chi connectivity index (χ3v) is 2.92. The van der Waals surface area contributed by atoms with Crippen LogP contribution in [0.5, 0.6) is 5.75 Å². The first-order valence-corrected chi connectivity index (χ1v) is 8.25. The molecule has 24 heavy (non-hydrogen) atoms. The third kappa shape index (κ3) is 8.77. The molecule has 1 atom stereocenters. The van der Waals surface area contributed by atoms with Crippen LogP contribution >= 0.6 is 0 Å². The van der Waals surface area contributed by atoms with Crippen LogP contribution in [0.1, 0.15) is 47.1 Å². The molecule has 1 amide bonds. The summed E-state index contributed by atoms with van der Waals surface area (Å²) in [6.45, 7) is 12.0. The fraction of sp³-hybridized carbons (Fsp3) is 0.632. The zero-order valence-corrected chi connectivity index (χ0v) is 15.9. The van der Waals surface area contributed by atoms with Gasteiger partial charge in [0.1, 0.15) is 17.0 Å². The van der Waals surface area contributed by atoms with Crippen LogP contribution in [0.4, 0.5) is 4.79 Å². The van der Waals surface area contributed by atoms with E-state index in [1.807, 2.05) is 65.8 Å². The Morgan fingerprint density at radius 3 is 2.08 bits per heavy atom. The minimum absolute atomic E-state index is 0.153. The Morgan fingerprint density at radius 1 is 1.04 bits per heavy atom. The highest BCUT2D eigenvalue weighted by Gasteiger charge is 2.20. The Kier molecular flexibility index (Phi) is 7.08. The maximum absolute atomic E-state index is 11.9. The van der Waals surface area contributed by atoms with Gasteiger partial charge in [-0.3, -0.25) is 0 Å². The van der Waals surface area contributed by atoms with Gasteiger partial charge in [-0.1, -0.05) is 12.1 Å². The first-order chi connectivity index (χ1) is 11.0. The number of benzene rings is 1. The molecule has 0 unspecified atom stereocenters. The van der Waals surface area contributed by atoms with E-state index >= 15 is 0 Å². The number of hydrogen-bond acceptors (Lipinski definition) is 4. The monoisotopic (exact) mass is 337 g/mol. The SMILES string of the molecule is COC[C@H](Cc1ccc(OC(C)(C)C)cc1)NC(=O)OC(C)(C)C. The summed E-state index contributed by atoms with van der Waals surface area (Å²) in [4.78, 5) is 11.9. The van der Waals surface area contributed by atoms with Crippen LogP contribution in [-0.4, -0.2) is 37.1 Å². The molecule has 0 bridgehead atoms. The maximum atomic E-state index is 11.9. The molecule has 0 saturated heterocycles. The van der Waals surface area contributed by atoms with Crippen molar-refractivity contribution < 1.29 is 19.0 Å². The van der Waals surface area contributed by atoms with Crippen LogP contribution < -0.4 is 10.1 Å². The number of rotatable bonds is 6. The van der Waals surface area contributed by atoms with E-state index in [1.54, 1.807) is 7.11 Å². The molecule has 1 aromatic carbocycles. The third-order valence-electron chi connectivity index (χ3n) is 2.92. The lowest BCUT2D eigenvalue weighted by atomic mass is 10.1.